The van der Waals surface area contributed by atoms with Gasteiger partial charge in [0.2, 0.25) is 25.8 Å². The molecule has 0 atom stereocenters. The average molecular weight is 373 g/mol. The Morgan fingerprint density at radius 1 is 1.04 bits per heavy atom. The van der Waals surface area contributed by atoms with Gasteiger partial charge < -0.3 is 4.42 Å². The lowest BCUT2D eigenvalue weighted by Gasteiger charge is -2.02. The number of oxazole rings is 1. The highest BCUT2D eigenvalue weighted by Crippen LogP contribution is 2.35. The molecular formula is C19H19NO3S2. The van der Waals surface area contributed by atoms with E-state index in [4.69, 9.17) is 4.42 Å². The maximum Gasteiger partial charge on any atom is 0.228 e. The van der Waals surface area contributed by atoms with Gasteiger partial charge in [0.1, 0.15) is 0 Å². The predicted octanol–water partition coefficient (Wildman–Crippen LogP) is 4.98. The summed E-state index contributed by atoms with van der Waals surface area (Å²) in [5.41, 5.74) is 1.88. The molecule has 25 heavy (non-hydrogen) atoms. The maximum absolute atomic E-state index is 13.0. The summed E-state index contributed by atoms with van der Waals surface area (Å²) in [6.07, 6.45) is 0.913. The van der Waals surface area contributed by atoms with Crippen LogP contribution in [0.5, 0.6) is 0 Å². The monoisotopic (exact) mass is 373 g/mol. The van der Waals surface area contributed by atoms with E-state index >= 15 is 0 Å². The molecular weight excluding hydrogens is 354 g/mol. The van der Waals surface area contributed by atoms with Crippen molar-refractivity contribution in [3.63, 3.8) is 0 Å². The van der Waals surface area contributed by atoms with Gasteiger partial charge in [-0.05, 0) is 37.6 Å². The molecule has 1 heterocycles. The summed E-state index contributed by atoms with van der Waals surface area (Å²) in [6.45, 7) is 4.03. The number of aromatic nitrogens is 1. The molecule has 0 aliphatic heterocycles. The first-order valence-electron chi connectivity index (χ1n) is 8.03. The second-order valence-corrected chi connectivity index (χ2v) is 8.58. The lowest BCUT2D eigenvalue weighted by molar-refractivity contribution is 0.470. The second kappa shape index (κ2) is 7.45. The largest absolute Gasteiger partial charge is 0.428 e. The fourth-order valence-electron chi connectivity index (χ4n) is 2.28. The number of hydrogen-bond donors (Lipinski definition) is 0. The van der Waals surface area contributed by atoms with E-state index in [-0.39, 0.29) is 9.92 Å². The van der Waals surface area contributed by atoms with Crippen LogP contribution in [0.25, 0.3) is 11.5 Å². The second-order valence-electron chi connectivity index (χ2n) is 5.64. The van der Waals surface area contributed by atoms with E-state index in [9.17, 15) is 8.42 Å². The van der Waals surface area contributed by atoms with Crippen LogP contribution in [0.4, 0.5) is 0 Å². The molecule has 0 aliphatic rings. The van der Waals surface area contributed by atoms with Gasteiger partial charge in [0, 0.05) is 11.3 Å². The smallest absolute Gasteiger partial charge is 0.228 e. The molecule has 130 valence electrons. The van der Waals surface area contributed by atoms with E-state index in [0.717, 1.165) is 23.3 Å². The SMILES string of the molecule is CCCSc1oc(-c2ccc(C)cc2)nc1S(=O)(=O)c1ccccc1. The molecule has 3 rings (SSSR count). The van der Waals surface area contributed by atoms with Crippen LogP contribution in [-0.2, 0) is 9.84 Å². The lowest BCUT2D eigenvalue weighted by Crippen LogP contribution is -2.03. The standard InChI is InChI=1S/C19H19NO3S2/c1-3-13-24-19-18(25(21,22)16-7-5-4-6-8-16)20-17(23-19)15-11-9-14(2)10-12-15/h4-12H,3,13H2,1-2H3. The van der Waals surface area contributed by atoms with Gasteiger partial charge in [0.05, 0.1) is 4.90 Å². The van der Waals surface area contributed by atoms with Gasteiger partial charge in [0.15, 0.2) is 0 Å². The molecule has 0 saturated carbocycles. The Balaban J connectivity index is 2.10. The molecule has 0 bridgehead atoms. The molecule has 0 saturated heterocycles. The van der Waals surface area contributed by atoms with Crippen molar-refractivity contribution < 1.29 is 12.8 Å². The third-order valence-corrected chi connectivity index (χ3v) is 6.57. The molecule has 0 unspecified atom stereocenters. The fraction of sp³-hybridized carbons (Fsp3) is 0.211. The molecule has 3 aromatic rings. The molecule has 4 nitrogen and oxygen atoms in total. The van der Waals surface area contributed by atoms with Crippen LogP contribution in [-0.4, -0.2) is 19.2 Å². The number of rotatable bonds is 6. The fourth-order valence-corrected chi connectivity index (χ4v) is 4.68. The summed E-state index contributed by atoms with van der Waals surface area (Å²) in [4.78, 5) is 4.56. The van der Waals surface area contributed by atoms with Gasteiger partial charge in [-0.15, -0.1) is 0 Å². The lowest BCUT2D eigenvalue weighted by atomic mass is 10.1. The van der Waals surface area contributed by atoms with E-state index in [1.807, 2.05) is 38.1 Å². The first-order valence-corrected chi connectivity index (χ1v) is 10.5. The highest BCUT2D eigenvalue weighted by molar-refractivity contribution is 8.00. The molecule has 0 N–H and O–H groups in total. The number of aryl methyl sites for hydroxylation is 1. The van der Waals surface area contributed by atoms with Crippen LogP contribution < -0.4 is 0 Å². The van der Waals surface area contributed by atoms with Crippen molar-refractivity contribution in [3.05, 3.63) is 60.2 Å². The van der Waals surface area contributed by atoms with E-state index in [2.05, 4.69) is 4.98 Å². The minimum absolute atomic E-state index is 0.00674. The topological polar surface area (TPSA) is 60.2 Å². The summed E-state index contributed by atoms with van der Waals surface area (Å²) in [5, 5.41) is 0.342. The van der Waals surface area contributed by atoms with E-state index < -0.39 is 9.84 Å². The van der Waals surface area contributed by atoms with Crippen LogP contribution in [0, 0.1) is 6.92 Å². The first kappa shape index (κ1) is 17.8. The van der Waals surface area contributed by atoms with E-state index in [1.165, 1.54) is 11.8 Å². The summed E-state index contributed by atoms with van der Waals surface area (Å²) in [6, 6.07) is 16.0. The zero-order chi connectivity index (χ0) is 17.9. The number of hydrogen-bond acceptors (Lipinski definition) is 5. The van der Waals surface area contributed by atoms with Crippen LogP contribution in [0.3, 0.4) is 0 Å². The van der Waals surface area contributed by atoms with Gasteiger partial charge in [-0.3, -0.25) is 0 Å². The van der Waals surface area contributed by atoms with Gasteiger partial charge in [-0.25, -0.2) is 8.42 Å². The predicted molar refractivity (Wildman–Crippen MR) is 99.6 cm³/mol. The van der Waals surface area contributed by atoms with Crippen molar-refractivity contribution in [2.75, 3.05) is 5.75 Å². The Kier molecular flexibility index (Phi) is 5.30. The highest BCUT2D eigenvalue weighted by Gasteiger charge is 2.28. The maximum atomic E-state index is 13.0. The quantitative estimate of drug-likeness (QED) is 0.570. The van der Waals surface area contributed by atoms with Gasteiger partial charge in [0.25, 0.3) is 0 Å². The first-order chi connectivity index (χ1) is 12.0. The zero-order valence-electron chi connectivity index (χ0n) is 14.1. The molecule has 0 amide bonds. The average Bonchev–Trinajstić information content (AvgIpc) is 3.06. The number of sulfone groups is 1. The van der Waals surface area contributed by atoms with Crippen molar-refractivity contribution >= 4 is 21.6 Å². The van der Waals surface area contributed by atoms with E-state index in [0.29, 0.717) is 11.0 Å². The minimum atomic E-state index is -3.72. The summed E-state index contributed by atoms with van der Waals surface area (Å²) < 4.78 is 31.8. The summed E-state index contributed by atoms with van der Waals surface area (Å²) in [5.74, 6) is 1.09. The van der Waals surface area contributed by atoms with E-state index in [1.54, 1.807) is 30.3 Å². The normalized spacial score (nSPS) is 11.6. The Morgan fingerprint density at radius 2 is 1.72 bits per heavy atom. The van der Waals surface area contributed by atoms with Gasteiger partial charge in [-0.1, -0.05) is 54.6 Å². The molecule has 0 aliphatic carbocycles. The summed E-state index contributed by atoms with van der Waals surface area (Å²) >= 11 is 1.38. The molecule has 0 fully saturated rings. The molecule has 0 radical (unpaired) electrons. The Bertz CT molecular complexity index is 946. The molecule has 2 aromatic carbocycles. The van der Waals surface area contributed by atoms with Crippen LogP contribution >= 0.6 is 11.8 Å². The van der Waals surface area contributed by atoms with Crippen LogP contribution in [0.15, 0.2) is 74.0 Å². The molecule has 0 spiro atoms. The minimum Gasteiger partial charge on any atom is -0.428 e. The number of nitrogens with zero attached hydrogens (tertiary/aromatic N) is 1. The molecule has 6 heteroatoms. The number of thioether (sulfide) groups is 1. The van der Waals surface area contributed by atoms with Crippen molar-refractivity contribution in [2.24, 2.45) is 0 Å². The Morgan fingerprint density at radius 3 is 2.36 bits per heavy atom. The number of benzene rings is 2. The van der Waals surface area contributed by atoms with Gasteiger partial charge in [-0.2, -0.15) is 4.98 Å². The van der Waals surface area contributed by atoms with Crippen molar-refractivity contribution in [2.45, 2.75) is 35.3 Å². The van der Waals surface area contributed by atoms with Crippen molar-refractivity contribution in [3.8, 4) is 11.5 Å². The Hall–Kier alpha value is -2.05. The van der Waals surface area contributed by atoms with Crippen molar-refractivity contribution in [1.29, 1.82) is 0 Å². The highest BCUT2D eigenvalue weighted by atomic mass is 32.2. The molecule has 1 aromatic heterocycles. The van der Waals surface area contributed by atoms with Crippen LogP contribution in [0.1, 0.15) is 18.9 Å². The summed E-state index contributed by atoms with van der Waals surface area (Å²) in [7, 11) is -3.72. The van der Waals surface area contributed by atoms with Crippen molar-refractivity contribution in [1.82, 2.24) is 4.98 Å². The third kappa shape index (κ3) is 3.80. The third-order valence-electron chi connectivity index (χ3n) is 3.61. The van der Waals surface area contributed by atoms with Gasteiger partial charge >= 0.3 is 0 Å². The van der Waals surface area contributed by atoms with Crippen LogP contribution in [0.2, 0.25) is 0 Å². The Labute approximate surface area is 152 Å². The zero-order valence-corrected chi connectivity index (χ0v) is 15.7.